The maximum atomic E-state index is 13.6. The molecular weight excluding hydrogens is 734 g/mol. The van der Waals surface area contributed by atoms with Crippen LogP contribution in [0.15, 0.2) is 47.7 Å². The zero-order chi connectivity index (χ0) is 41.3. The first-order chi connectivity index (χ1) is 25.4. The van der Waals surface area contributed by atoms with Gasteiger partial charge >= 0.3 is 23.9 Å². The van der Waals surface area contributed by atoms with Crippen LogP contribution in [0, 0.1) is 38.7 Å². The highest BCUT2D eigenvalue weighted by Gasteiger charge is 2.59. The second-order valence-electron chi connectivity index (χ2n) is 16.4. The number of fused-ring (bicyclic) bond motifs is 1. The Kier molecular flexibility index (Phi) is 12.8. The van der Waals surface area contributed by atoms with Crippen molar-refractivity contribution in [1.29, 1.82) is 0 Å². The number of amides is 1. The predicted octanol–water partition coefficient (Wildman–Crippen LogP) is 6.82. The van der Waals surface area contributed by atoms with E-state index in [0.717, 1.165) is 12.1 Å². The number of ether oxygens (including phenoxy) is 3. The lowest BCUT2D eigenvalue weighted by Crippen LogP contribution is -2.62. The molecule has 296 valence electrons. The topological polar surface area (TPSA) is 180 Å². The Bertz CT molecular complexity index is 1940. The largest absolute Gasteiger partial charge is 0.422 e. The quantitative estimate of drug-likeness (QED) is 0.0394. The first-order valence-electron chi connectivity index (χ1n) is 18.0. The van der Waals surface area contributed by atoms with Crippen LogP contribution >= 0.6 is 11.6 Å². The summed E-state index contributed by atoms with van der Waals surface area (Å²) in [5.74, 6) is -4.73. The Morgan fingerprint density at radius 3 is 2.05 bits per heavy atom. The van der Waals surface area contributed by atoms with Crippen LogP contribution in [0.2, 0.25) is 5.02 Å². The molecule has 3 atom stereocenters. The monoisotopic (exact) mass is 781 g/mol. The number of benzene rings is 2. The second-order valence-corrected chi connectivity index (χ2v) is 16.8. The lowest BCUT2D eigenvalue weighted by molar-refractivity contribution is -0.384. The van der Waals surface area contributed by atoms with Gasteiger partial charge in [0.05, 0.1) is 38.3 Å². The van der Waals surface area contributed by atoms with E-state index in [2.05, 4.69) is 0 Å². The van der Waals surface area contributed by atoms with Gasteiger partial charge in [-0.1, -0.05) is 32.4 Å². The van der Waals surface area contributed by atoms with E-state index in [0.29, 0.717) is 18.5 Å². The summed E-state index contributed by atoms with van der Waals surface area (Å²) in [5.41, 5.74) is -1.43. The highest BCUT2D eigenvalue weighted by atomic mass is 35.5. The summed E-state index contributed by atoms with van der Waals surface area (Å²) < 4.78 is 16.3. The average molecular weight is 782 g/mol. The Morgan fingerprint density at radius 1 is 0.927 bits per heavy atom. The minimum atomic E-state index is -1.02. The number of halogens is 1. The fourth-order valence-corrected chi connectivity index (χ4v) is 6.68. The summed E-state index contributed by atoms with van der Waals surface area (Å²) >= 11 is 6.66. The van der Waals surface area contributed by atoms with Gasteiger partial charge in [0.25, 0.3) is 5.69 Å². The van der Waals surface area contributed by atoms with Gasteiger partial charge in [0, 0.05) is 36.6 Å². The van der Waals surface area contributed by atoms with Crippen LogP contribution in [0.1, 0.15) is 95.9 Å². The molecule has 0 aromatic heterocycles. The molecule has 14 nitrogen and oxygen atoms in total. The SMILES string of the molecule is CC(C)[C@H]1C(=O)N2C(C(=O)OC(=O)c3ccc([N+](=O)[O-])cc3)=C(CN(C)CCCC(=O)c3ccc(OC(=O)C(C)(C)C)c(OC(=O)C(C)(C)C)c3Cl)[C@H](C)[C@H]12. The molecule has 2 aliphatic rings. The Morgan fingerprint density at radius 2 is 1.51 bits per heavy atom. The number of hydrogen-bond acceptors (Lipinski definition) is 12. The van der Waals surface area contributed by atoms with Crippen molar-refractivity contribution in [2.24, 2.45) is 28.6 Å². The zero-order valence-electron chi connectivity index (χ0n) is 32.8. The number of ketones is 1. The normalized spacial score (nSPS) is 18.2. The summed E-state index contributed by atoms with van der Waals surface area (Å²) in [6, 6.07) is 7.11. The molecule has 2 aromatic carbocycles. The van der Waals surface area contributed by atoms with Crippen molar-refractivity contribution in [2.75, 3.05) is 20.1 Å². The van der Waals surface area contributed by atoms with E-state index < -0.39 is 39.6 Å². The Hall–Kier alpha value is -4.95. The summed E-state index contributed by atoms with van der Waals surface area (Å²) in [6.45, 7) is 16.3. The predicted molar refractivity (Wildman–Crippen MR) is 201 cm³/mol. The Labute approximate surface area is 325 Å². The molecule has 0 bridgehead atoms. The number of hydrogen-bond donors (Lipinski definition) is 0. The molecule has 2 aromatic rings. The molecule has 0 unspecified atom stereocenters. The molecule has 15 heteroatoms. The van der Waals surface area contributed by atoms with E-state index in [1.165, 1.54) is 29.2 Å². The van der Waals surface area contributed by atoms with Gasteiger partial charge in [-0.2, -0.15) is 0 Å². The van der Waals surface area contributed by atoms with Crippen LogP contribution in [0.5, 0.6) is 11.5 Å². The lowest BCUT2D eigenvalue weighted by atomic mass is 9.74. The highest BCUT2D eigenvalue weighted by Crippen LogP contribution is 2.49. The molecule has 1 fully saturated rings. The van der Waals surface area contributed by atoms with Crippen LogP contribution in [-0.4, -0.2) is 76.5 Å². The second kappa shape index (κ2) is 16.4. The van der Waals surface area contributed by atoms with Crippen molar-refractivity contribution in [3.05, 3.63) is 73.9 Å². The van der Waals surface area contributed by atoms with Crippen molar-refractivity contribution in [3.8, 4) is 11.5 Å². The zero-order valence-corrected chi connectivity index (χ0v) is 33.6. The first kappa shape index (κ1) is 42.8. The molecule has 0 N–H and O–H groups in total. The van der Waals surface area contributed by atoms with Crippen LogP contribution < -0.4 is 9.47 Å². The minimum Gasteiger partial charge on any atom is -0.422 e. The standard InChI is InChI=1S/C40H48ClN3O11/c1-21(2)29-31-22(3)26(32(43(31)34(29)46)36(48)55-35(47)23-13-15-24(16-14-23)44(51)52)20-42(10)19-11-12-27(45)25-17-18-28(53-37(49)39(4,5)6)33(30(25)41)54-38(50)40(7,8)9/h13-18,21-22,29,31H,11-12,19-20H2,1-10H3/t22-,29+,31+/m0/s1. The first-order valence-corrected chi connectivity index (χ1v) is 18.4. The number of nitrogens with zero attached hydrogens (tertiary/aromatic N) is 3. The fraction of sp³-hybridized carbons (Fsp3) is 0.500. The molecule has 2 aliphatic heterocycles. The Balaban J connectivity index is 1.51. The van der Waals surface area contributed by atoms with Crippen molar-refractivity contribution in [2.45, 2.75) is 81.2 Å². The smallest absolute Gasteiger partial charge is 0.362 e. The maximum absolute atomic E-state index is 13.6. The molecule has 0 saturated carbocycles. The molecule has 0 spiro atoms. The van der Waals surface area contributed by atoms with Crippen LogP contribution in [0.3, 0.4) is 0 Å². The number of carbonyl (C=O) groups is 6. The molecular formula is C40H48ClN3O11. The van der Waals surface area contributed by atoms with Crippen LogP contribution in [-0.2, 0) is 23.9 Å². The maximum Gasteiger partial charge on any atom is 0.362 e. The van der Waals surface area contributed by atoms with Gasteiger partial charge in [0.15, 0.2) is 17.3 Å². The molecule has 4 rings (SSSR count). The lowest BCUT2D eigenvalue weighted by Gasteiger charge is -2.47. The summed E-state index contributed by atoms with van der Waals surface area (Å²) in [5, 5.41) is 10.9. The third-order valence-corrected chi connectivity index (χ3v) is 9.95. The number of non-ortho nitro benzene ring substituents is 1. The van der Waals surface area contributed by atoms with E-state index in [-0.39, 0.29) is 87.5 Å². The summed E-state index contributed by atoms with van der Waals surface area (Å²) in [4.78, 5) is 92.5. The van der Waals surface area contributed by atoms with E-state index in [4.69, 9.17) is 25.8 Å². The van der Waals surface area contributed by atoms with Crippen LogP contribution in [0.4, 0.5) is 5.69 Å². The third kappa shape index (κ3) is 9.30. The van der Waals surface area contributed by atoms with E-state index in [1.54, 1.807) is 48.6 Å². The number of carbonyl (C=O) groups excluding carboxylic acids is 6. The van der Waals surface area contributed by atoms with Gasteiger partial charge in [-0.3, -0.25) is 29.3 Å². The van der Waals surface area contributed by atoms with Gasteiger partial charge in [-0.25, -0.2) is 9.59 Å². The van der Waals surface area contributed by atoms with E-state index in [1.807, 2.05) is 25.7 Å². The van der Waals surface area contributed by atoms with Crippen molar-refractivity contribution >= 4 is 52.9 Å². The number of esters is 4. The number of β-lactam (4-membered cyclic amide) rings is 1. The number of likely N-dealkylation sites (N-methyl/N-ethyl adjacent to an activating group) is 1. The minimum absolute atomic E-state index is 0.00207. The van der Waals surface area contributed by atoms with Gasteiger partial charge < -0.3 is 24.0 Å². The highest BCUT2D eigenvalue weighted by molar-refractivity contribution is 6.35. The average Bonchev–Trinajstić information content (AvgIpc) is 3.32. The van der Waals surface area contributed by atoms with Gasteiger partial charge in [-0.05, 0) is 97.3 Å². The van der Waals surface area contributed by atoms with Crippen molar-refractivity contribution in [3.63, 3.8) is 0 Å². The number of Topliss-reactive ketones (excluding diaryl/α,β-unsaturated/α-hetero) is 1. The van der Waals surface area contributed by atoms with Crippen LogP contribution in [0.25, 0.3) is 0 Å². The molecule has 2 heterocycles. The van der Waals surface area contributed by atoms with Gasteiger partial charge in [0.1, 0.15) is 5.70 Å². The van der Waals surface area contributed by atoms with Gasteiger partial charge in [0.2, 0.25) is 5.91 Å². The summed E-state index contributed by atoms with van der Waals surface area (Å²) in [7, 11) is 1.79. The van der Waals surface area contributed by atoms with E-state index >= 15 is 0 Å². The molecule has 55 heavy (non-hydrogen) atoms. The van der Waals surface area contributed by atoms with Crippen molar-refractivity contribution in [1.82, 2.24) is 9.80 Å². The van der Waals surface area contributed by atoms with E-state index in [9.17, 15) is 38.9 Å². The number of nitro groups is 1. The molecule has 1 saturated heterocycles. The van der Waals surface area contributed by atoms with Gasteiger partial charge in [-0.15, -0.1) is 0 Å². The number of nitro benzene ring substituents is 1. The number of rotatable bonds is 13. The molecule has 0 aliphatic carbocycles. The molecule has 1 amide bonds. The fourth-order valence-electron chi connectivity index (χ4n) is 6.38. The van der Waals surface area contributed by atoms with Crippen molar-refractivity contribution < 1.29 is 47.9 Å². The third-order valence-electron chi connectivity index (χ3n) is 9.57. The molecule has 0 radical (unpaired) electrons. The summed E-state index contributed by atoms with van der Waals surface area (Å²) in [6.07, 6.45) is 0.387.